The monoisotopic (exact) mass is 345 g/mol. The third kappa shape index (κ3) is 6.56. The van der Waals surface area contributed by atoms with Crippen LogP contribution in [-0.2, 0) is 0 Å². The van der Waals surface area contributed by atoms with Crippen LogP contribution in [0.2, 0.25) is 0 Å². The van der Waals surface area contributed by atoms with Crippen LogP contribution in [0.4, 0.5) is 18.9 Å². The van der Waals surface area contributed by atoms with Gasteiger partial charge in [-0.05, 0) is 26.0 Å². The zero-order chi connectivity index (χ0) is 17.6. The summed E-state index contributed by atoms with van der Waals surface area (Å²) in [7, 11) is 0. The van der Waals surface area contributed by atoms with Crippen LogP contribution in [0.25, 0.3) is 0 Å². The Labute approximate surface area is 136 Å². The van der Waals surface area contributed by atoms with Crippen LogP contribution < -0.4 is 10.1 Å². The Hall–Kier alpha value is -2.28. The van der Waals surface area contributed by atoms with E-state index in [4.69, 9.17) is 17.0 Å². The van der Waals surface area contributed by atoms with Crippen molar-refractivity contribution in [3.63, 3.8) is 0 Å². The number of nitrogens with zero attached hydrogens (tertiary/aromatic N) is 1. The lowest BCUT2D eigenvalue weighted by Crippen LogP contribution is -2.17. The zero-order valence-corrected chi connectivity index (χ0v) is 13.2. The minimum absolute atomic E-state index is 0.0650. The van der Waals surface area contributed by atoms with Gasteiger partial charge in [0.25, 0.3) is 0 Å². The summed E-state index contributed by atoms with van der Waals surface area (Å²) in [6.45, 7) is 6.74. The Balaban J connectivity index is 3.05. The van der Waals surface area contributed by atoms with Crippen LogP contribution in [0.1, 0.15) is 13.8 Å². The molecule has 4 nitrogen and oxygen atoms in total. The largest absolute Gasteiger partial charge is 0.573 e. The van der Waals surface area contributed by atoms with Gasteiger partial charge in [0.1, 0.15) is 10.9 Å². The molecule has 0 atom stereocenters. The first kappa shape index (κ1) is 18.8. The van der Waals surface area contributed by atoms with Crippen molar-refractivity contribution in [2.75, 3.05) is 5.32 Å². The highest BCUT2D eigenvalue weighted by Gasteiger charge is 2.31. The third-order valence-electron chi connectivity index (χ3n) is 2.63. The van der Waals surface area contributed by atoms with E-state index >= 15 is 0 Å². The number of anilines is 1. The van der Waals surface area contributed by atoms with Crippen LogP contribution in [0.15, 0.2) is 52.3 Å². The van der Waals surface area contributed by atoms with Gasteiger partial charge < -0.3 is 15.5 Å². The van der Waals surface area contributed by atoms with Gasteiger partial charge in [0.2, 0.25) is 0 Å². The van der Waals surface area contributed by atoms with E-state index in [2.05, 4.69) is 21.6 Å². The predicted octanol–water partition coefficient (Wildman–Crippen LogP) is 5.09. The molecule has 8 heteroatoms. The van der Waals surface area contributed by atoms with E-state index in [1.807, 2.05) is 0 Å². The Morgan fingerprint density at radius 1 is 1.39 bits per heavy atom. The SMILES string of the molecule is C=C(Cl)/N=C(C)\C(C=N)=C(/C)Nc1cccc(OC(F)(F)F)c1. The van der Waals surface area contributed by atoms with E-state index in [9.17, 15) is 13.2 Å². The average molecular weight is 346 g/mol. The van der Waals surface area contributed by atoms with Gasteiger partial charge in [-0.3, -0.25) is 0 Å². The highest BCUT2D eigenvalue weighted by molar-refractivity contribution is 6.30. The third-order valence-corrected chi connectivity index (χ3v) is 2.71. The van der Waals surface area contributed by atoms with Gasteiger partial charge in [-0.1, -0.05) is 24.2 Å². The summed E-state index contributed by atoms with van der Waals surface area (Å²) in [6, 6.07) is 5.38. The smallest absolute Gasteiger partial charge is 0.406 e. The molecule has 0 heterocycles. The van der Waals surface area contributed by atoms with E-state index in [-0.39, 0.29) is 10.9 Å². The maximum absolute atomic E-state index is 12.2. The Morgan fingerprint density at radius 2 is 2.04 bits per heavy atom. The second-order valence-electron chi connectivity index (χ2n) is 4.46. The number of allylic oxidation sites excluding steroid dienone is 2. The molecular formula is C15H15ClF3N3O. The number of alkyl halides is 3. The number of ether oxygens (including phenoxy) is 1. The lowest BCUT2D eigenvalue weighted by Gasteiger charge is -2.13. The fourth-order valence-electron chi connectivity index (χ4n) is 1.78. The van der Waals surface area contributed by atoms with Crippen molar-refractivity contribution < 1.29 is 17.9 Å². The summed E-state index contributed by atoms with van der Waals surface area (Å²) in [6.07, 6.45) is -3.69. The quantitative estimate of drug-likeness (QED) is 0.557. The van der Waals surface area contributed by atoms with Gasteiger partial charge in [-0.2, -0.15) is 0 Å². The average Bonchev–Trinajstić information content (AvgIpc) is 2.36. The second kappa shape index (κ2) is 7.82. The van der Waals surface area contributed by atoms with Gasteiger partial charge in [0, 0.05) is 35.0 Å². The van der Waals surface area contributed by atoms with E-state index in [1.165, 1.54) is 18.2 Å². The Bertz CT molecular complexity index is 666. The molecule has 0 bridgehead atoms. The zero-order valence-electron chi connectivity index (χ0n) is 12.5. The number of nitrogens with one attached hydrogen (secondary N) is 2. The number of aliphatic imine (C=N–C) groups is 1. The molecule has 2 N–H and O–H groups in total. The molecule has 1 aromatic rings. The summed E-state index contributed by atoms with van der Waals surface area (Å²) in [5.41, 5.74) is 1.78. The topological polar surface area (TPSA) is 57.5 Å². The van der Waals surface area contributed by atoms with Crippen LogP contribution >= 0.6 is 11.6 Å². The van der Waals surface area contributed by atoms with Crippen LogP contribution in [-0.4, -0.2) is 18.3 Å². The summed E-state index contributed by atoms with van der Waals surface area (Å²) in [5.74, 6) is -0.341. The van der Waals surface area contributed by atoms with Gasteiger partial charge in [-0.25, -0.2) is 4.99 Å². The molecule has 0 unspecified atom stereocenters. The molecule has 0 radical (unpaired) electrons. The minimum Gasteiger partial charge on any atom is -0.406 e. The number of hydrogen-bond acceptors (Lipinski definition) is 4. The highest BCUT2D eigenvalue weighted by Crippen LogP contribution is 2.25. The number of halogens is 4. The normalized spacial score (nSPS) is 13.2. The molecule has 0 fully saturated rings. The molecule has 0 saturated heterocycles. The van der Waals surface area contributed by atoms with Crippen molar-refractivity contribution in [2.24, 2.45) is 4.99 Å². The van der Waals surface area contributed by atoms with Gasteiger partial charge in [0.05, 0.1) is 0 Å². The summed E-state index contributed by atoms with van der Waals surface area (Å²) >= 11 is 5.60. The molecule has 23 heavy (non-hydrogen) atoms. The fourth-order valence-corrected chi connectivity index (χ4v) is 1.91. The summed E-state index contributed by atoms with van der Waals surface area (Å²) in [5, 5.41) is 10.4. The second-order valence-corrected chi connectivity index (χ2v) is 4.89. The molecule has 0 spiro atoms. The van der Waals surface area contributed by atoms with Crippen LogP contribution in [0.5, 0.6) is 5.75 Å². The molecular weight excluding hydrogens is 331 g/mol. The first-order valence-electron chi connectivity index (χ1n) is 6.36. The number of hydrogen-bond donors (Lipinski definition) is 2. The molecule has 0 aromatic heterocycles. The highest BCUT2D eigenvalue weighted by atomic mass is 35.5. The fraction of sp³-hybridized carbons (Fsp3) is 0.200. The van der Waals surface area contributed by atoms with Crippen molar-refractivity contribution >= 4 is 29.2 Å². The van der Waals surface area contributed by atoms with Crippen molar-refractivity contribution in [2.45, 2.75) is 20.2 Å². The first-order chi connectivity index (χ1) is 10.6. The molecule has 0 aliphatic rings. The van der Waals surface area contributed by atoms with Gasteiger partial charge in [0.15, 0.2) is 0 Å². The number of rotatable bonds is 6. The Morgan fingerprint density at radius 3 is 2.57 bits per heavy atom. The molecule has 1 rings (SSSR count). The maximum atomic E-state index is 12.2. The lowest BCUT2D eigenvalue weighted by atomic mass is 10.1. The first-order valence-corrected chi connectivity index (χ1v) is 6.74. The van der Waals surface area contributed by atoms with E-state index < -0.39 is 6.36 Å². The van der Waals surface area contributed by atoms with E-state index in [1.54, 1.807) is 19.9 Å². The van der Waals surface area contributed by atoms with E-state index in [0.717, 1.165) is 6.21 Å². The molecule has 0 saturated carbocycles. The molecule has 0 amide bonds. The molecule has 124 valence electrons. The van der Waals surface area contributed by atoms with Crippen molar-refractivity contribution in [1.29, 1.82) is 5.41 Å². The van der Waals surface area contributed by atoms with Crippen LogP contribution in [0, 0.1) is 5.41 Å². The molecule has 0 aliphatic carbocycles. The molecule has 0 aliphatic heterocycles. The minimum atomic E-state index is -4.76. The standard InChI is InChI=1S/C15H15ClF3N3O/c1-9(21-11(3)16)14(8-20)10(2)22-12-5-4-6-13(7-12)23-15(17,18)19/h4-8,20,22H,3H2,1-2H3/b14-10+,20-8?,21-9-. The van der Waals surface area contributed by atoms with E-state index in [0.29, 0.717) is 22.7 Å². The summed E-state index contributed by atoms with van der Waals surface area (Å²) < 4.78 is 40.5. The van der Waals surface area contributed by atoms with Gasteiger partial charge >= 0.3 is 6.36 Å². The number of benzene rings is 1. The van der Waals surface area contributed by atoms with Crippen molar-refractivity contribution in [1.82, 2.24) is 0 Å². The summed E-state index contributed by atoms with van der Waals surface area (Å²) in [4.78, 5) is 3.94. The van der Waals surface area contributed by atoms with Crippen molar-refractivity contribution in [3.05, 3.63) is 47.3 Å². The molecule has 1 aromatic carbocycles. The maximum Gasteiger partial charge on any atom is 0.573 e. The predicted molar refractivity (Wildman–Crippen MR) is 86.3 cm³/mol. The lowest BCUT2D eigenvalue weighted by molar-refractivity contribution is -0.274. The van der Waals surface area contributed by atoms with Crippen LogP contribution in [0.3, 0.4) is 0 Å². The van der Waals surface area contributed by atoms with Gasteiger partial charge in [-0.15, -0.1) is 13.2 Å². The Kier molecular flexibility index (Phi) is 6.38. The van der Waals surface area contributed by atoms with Crippen molar-refractivity contribution in [3.8, 4) is 5.75 Å².